The van der Waals surface area contributed by atoms with Crippen LogP contribution < -0.4 is 4.74 Å². The summed E-state index contributed by atoms with van der Waals surface area (Å²) in [5.41, 5.74) is 1.69. The van der Waals surface area contributed by atoms with E-state index in [2.05, 4.69) is 0 Å². The molecule has 0 radical (unpaired) electrons. The van der Waals surface area contributed by atoms with Crippen LogP contribution in [0.15, 0.2) is 23.8 Å². The van der Waals surface area contributed by atoms with Crippen molar-refractivity contribution in [2.75, 3.05) is 19.8 Å². The van der Waals surface area contributed by atoms with E-state index in [0.717, 1.165) is 5.57 Å². The van der Waals surface area contributed by atoms with E-state index in [-0.39, 0.29) is 12.0 Å². The fourth-order valence-electron chi connectivity index (χ4n) is 5.27. The molecule has 0 bridgehead atoms. The number of allylic oxidation sites excluding steroid dienone is 2. The summed E-state index contributed by atoms with van der Waals surface area (Å²) in [6.07, 6.45) is -11.8. The number of carbonyl (C=O) groups is 1. The maximum absolute atomic E-state index is 13.2. The van der Waals surface area contributed by atoms with Gasteiger partial charge in [-0.05, 0) is 57.4 Å². The van der Waals surface area contributed by atoms with Gasteiger partial charge < -0.3 is 64.5 Å². The number of aliphatic hydroxyl groups excluding tert-OH is 8. The molecule has 1 aromatic rings. The Morgan fingerprint density at radius 1 is 1.00 bits per heavy atom. The van der Waals surface area contributed by atoms with Gasteiger partial charge in [0.2, 0.25) is 5.79 Å². The van der Waals surface area contributed by atoms with Gasteiger partial charge in [0, 0.05) is 6.42 Å². The number of benzene rings is 1. The maximum Gasteiger partial charge on any atom is 0.338 e. The Labute approximate surface area is 248 Å². The molecule has 0 aliphatic carbocycles. The molecule has 8 N–H and O–H groups in total. The first-order chi connectivity index (χ1) is 20.1. The lowest BCUT2D eigenvalue weighted by molar-refractivity contribution is -0.383. The van der Waals surface area contributed by atoms with Gasteiger partial charge in [-0.1, -0.05) is 11.6 Å². The Kier molecular flexibility index (Phi) is 10.2. The molecule has 43 heavy (non-hydrogen) atoms. The van der Waals surface area contributed by atoms with Crippen LogP contribution in [0.2, 0.25) is 0 Å². The lowest BCUT2D eigenvalue weighted by Crippen LogP contribution is -2.62. The molecular formula is C29H42O14. The van der Waals surface area contributed by atoms with Gasteiger partial charge in [-0.2, -0.15) is 0 Å². The van der Waals surface area contributed by atoms with Crippen LogP contribution in [0.4, 0.5) is 0 Å². The molecular weight excluding hydrogens is 572 g/mol. The molecule has 2 fully saturated rings. The molecule has 3 heterocycles. The summed E-state index contributed by atoms with van der Waals surface area (Å²) < 4.78 is 27.9. The summed E-state index contributed by atoms with van der Waals surface area (Å²) in [5.74, 6) is -2.56. The van der Waals surface area contributed by atoms with Crippen LogP contribution in [0.1, 0.15) is 49.2 Å². The standard InChI is InChI=1S/C29H42O14/c1-13(2)5-6-14-7-16(8-15-9-19(32)28(3,4)42-24(14)15)26(38)39-11-18-20(33)22(35)23(36)27(40-18)43-29(12-31)25(37)21(34)17(10-30)41-29/h5,7-8,17-23,25,27,30-37H,6,9-12H2,1-4H3/t17-,18-,19?,20-,21-,22+,23-,25+,27-,29+/m1/s1. The van der Waals surface area contributed by atoms with Crippen LogP contribution in [0.5, 0.6) is 5.75 Å². The molecule has 0 amide bonds. The van der Waals surface area contributed by atoms with Crippen LogP contribution in [-0.2, 0) is 31.8 Å². The van der Waals surface area contributed by atoms with E-state index in [1.54, 1.807) is 26.0 Å². The summed E-state index contributed by atoms with van der Waals surface area (Å²) in [6.45, 7) is 5.07. The molecule has 14 nitrogen and oxygen atoms in total. The van der Waals surface area contributed by atoms with Gasteiger partial charge in [-0.3, -0.25) is 0 Å². The quantitative estimate of drug-likeness (QED) is 0.112. The van der Waals surface area contributed by atoms with E-state index in [9.17, 15) is 45.6 Å². The van der Waals surface area contributed by atoms with Crippen LogP contribution >= 0.6 is 0 Å². The van der Waals surface area contributed by atoms with E-state index in [1.165, 1.54) is 0 Å². The Hall–Kier alpha value is -2.21. The van der Waals surface area contributed by atoms with E-state index < -0.39 is 92.3 Å². The Morgan fingerprint density at radius 3 is 2.30 bits per heavy atom. The molecule has 0 aromatic heterocycles. The van der Waals surface area contributed by atoms with Gasteiger partial charge in [0.15, 0.2) is 6.29 Å². The second kappa shape index (κ2) is 13.0. The molecule has 2 saturated heterocycles. The highest BCUT2D eigenvalue weighted by Crippen LogP contribution is 2.38. The van der Waals surface area contributed by atoms with Gasteiger partial charge in [-0.25, -0.2) is 4.79 Å². The van der Waals surface area contributed by atoms with Crippen molar-refractivity contribution >= 4 is 5.97 Å². The molecule has 4 rings (SSSR count). The molecule has 14 heteroatoms. The summed E-state index contributed by atoms with van der Waals surface area (Å²) >= 11 is 0. The van der Waals surface area contributed by atoms with Crippen LogP contribution in [0.3, 0.4) is 0 Å². The average Bonchev–Trinajstić information content (AvgIpc) is 3.20. The predicted octanol–water partition coefficient (Wildman–Crippen LogP) is -1.95. The van der Waals surface area contributed by atoms with Gasteiger partial charge in [0.05, 0.1) is 18.3 Å². The van der Waals surface area contributed by atoms with Crippen molar-refractivity contribution < 1.29 is 69.3 Å². The fraction of sp³-hybridized carbons (Fsp3) is 0.690. The molecule has 0 spiro atoms. The van der Waals surface area contributed by atoms with Crippen molar-refractivity contribution in [3.8, 4) is 5.75 Å². The van der Waals surface area contributed by atoms with Crippen molar-refractivity contribution in [2.24, 2.45) is 0 Å². The summed E-state index contributed by atoms with van der Waals surface area (Å²) in [6, 6.07) is 3.17. The normalized spacial score (nSPS) is 36.9. The SMILES string of the molecule is CC(C)=CCc1cc(C(=O)OC[C@H]2O[C@H](O[C@]3(CO)O[C@H](CO)[C@@H](O)[C@@H]3O)[C@H](O)[C@@H](O)[C@@H]2O)cc2c1OC(C)(C)C(O)C2. The number of aliphatic hydroxyl groups is 8. The zero-order chi connectivity index (χ0) is 31.9. The lowest BCUT2D eigenvalue weighted by atomic mass is 9.88. The van der Waals surface area contributed by atoms with Crippen molar-refractivity contribution in [2.45, 2.75) is 107 Å². The first kappa shape index (κ1) is 33.7. The average molecular weight is 615 g/mol. The minimum atomic E-state index is -2.34. The topological polar surface area (TPSA) is 225 Å². The number of hydrogen-bond acceptors (Lipinski definition) is 14. The van der Waals surface area contributed by atoms with Crippen LogP contribution in [-0.4, -0.2) is 133 Å². The van der Waals surface area contributed by atoms with Crippen molar-refractivity contribution in [3.63, 3.8) is 0 Å². The highest BCUT2D eigenvalue weighted by atomic mass is 16.8. The summed E-state index contributed by atoms with van der Waals surface area (Å²) in [4.78, 5) is 13.2. The Balaban J connectivity index is 1.51. The van der Waals surface area contributed by atoms with Crippen molar-refractivity contribution in [1.82, 2.24) is 0 Å². The third-order valence-electron chi connectivity index (χ3n) is 8.06. The van der Waals surface area contributed by atoms with E-state index >= 15 is 0 Å². The van der Waals surface area contributed by atoms with E-state index in [0.29, 0.717) is 23.3 Å². The third kappa shape index (κ3) is 6.74. The molecule has 1 unspecified atom stereocenters. The van der Waals surface area contributed by atoms with Crippen molar-refractivity contribution in [3.05, 3.63) is 40.5 Å². The van der Waals surface area contributed by atoms with Gasteiger partial charge in [-0.15, -0.1) is 0 Å². The minimum absolute atomic E-state index is 0.149. The highest BCUT2D eigenvalue weighted by Gasteiger charge is 2.58. The molecule has 3 aliphatic rings. The van der Waals surface area contributed by atoms with Crippen LogP contribution in [0.25, 0.3) is 0 Å². The third-order valence-corrected chi connectivity index (χ3v) is 8.06. The zero-order valence-corrected chi connectivity index (χ0v) is 24.5. The van der Waals surface area contributed by atoms with Crippen molar-refractivity contribution in [1.29, 1.82) is 0 Å². The maximum atomic E-state index is 13.2. The number of carbonyl (C=O) groups excluding carboxylic acids is 1. The van der Waals surface area contributed by atoms with Crippen LogP contribution in [0, 0.1) is 0 Å². The first-order valence-corrected chi connectivity index (χ1v) is 14.1. The molecule has 242 valence electrons. The Bertz CT molecular complexity index is 1180. The fourth-order valence-corrected chi connectivity index (χ4v) is 5.27. The summed E-state index contributed by atoms with van der Waals surface area (Å²) in [5, 5.41) is 81.9. The van der Waals surface area contributed by atoms with Gasteiger partial charge in [0.1, 0.15) is 67.3 Å². The highest BCUT2D eigenvalue weighted by molar-refractivity contribution is 5.90. The second-order valence-corrected chi connectivity index (χ2v) is 12.0. The molecule has 10 atom stereocenters. The smallest absolute Gasteiger partial charge is 0.338 e. The number of fused-ring (bicyclic) bond motifs is 1. The largest absolute Gasteiger partial charge is 0.485 e. The monoisotopic (exact) mass is 614 g/mol. The minimum Gasteiger partial charge on any atom is -0.485 e. The van der Waals surface area contributed by atoms with E-state index in [1.807, 2.05) is 19.9 Å². The number of ether oxygens (including phenoxy) is 5. The predicted molar refractivity (Wildman–Crippen MR) is 146 cm³/mol. The number of esters is 1. The number of hydrogen-bond donors (Lipinski definition) is 8. The first-order valence-electron chi connectivity index (χ1n) is 14.1. The number of rotatable bonds is 9. The molecule has 0 saturated carbocycles. The molecule has 3 aliphatic heterocycles. The van der Waals surface area contributed by atoms with Gasteiger partial charge >= 0.3 is 5.97 Å². The Morgan fingerprint density at radius 2 is 1.70 bits per heavy atom. The van der Waals surface area contributed by atoms with E-state index in [4.69, 9.17) is 23.7 Å². The summed E-state index contributed by atoms with van der Waals surface area (Å²) in [7, 11) is 0. The molecule has 1 aromatic carbocycles. The van der Waals surface area contributed by atoms with Gasteiger partial charge in [0.25, 0.3) is 0 Å². The zero-order valence-electron chi connectivity index (χ0n) is 24.5. The lowest BCUT2D eigenvalue weighted by Gasteiger charge is -2.43. The second-order valence-electron chi connectivity index (χ2n) is 12.0.